The molecule has 0 radical (unpaired) electrons. The average Bonchev–Trinajstić information content (AvgIpc) is 2.65. The summed E-state index contributed by atoms with van der Waals surface area (Å²) in [7, 11) is 0. The van der Waals surface area contributed by atoms with Gasteiger partial charge in [0.05, 0.1) is 10.7 Å². The van der Waals surface area contributed by atoms with Crippen molar-refractivity contribution in [2.45, 2.75) is 26.3 Å². The molecule has 6 heteroatoms. The first-order valence-electron chi connectivity index (χ1n) is 5.61. The van der Waals surface area contributed by atoms with Crippen molar-refractivity contribution in [1.29, 1.82) is 0 Å². The van der Waals surface area contributed by atoms with Crippen LogP contribution < -0.4 is 5.73 Å². The Balaban J connectivity index is 0.00000128. The van der Waals surface area contributed by atoms with Crippen LogP contribution in [-0.2, 0) is 6.54 Å². The minimum Gasteiger partial charge on any atom is -0.330 e. The lowest BCUT2D eigenvalue weighted by Gasteiger charge is -2.30. The Labute approximate surface area is 120 Å². The minimum atomic E-state index is 0. The second-order valence-electron chi connectivity index (χ2n) is 4.31. The molecule has 2 heterocycles. The van der Waals surface area contributed by atoms with E-state index in [4.69, 9.17) is 5.73 Å². The van der Waals surface area contributed by atoms with Gasteiger partial charge >= 0.3 is 0 Å². The molecule has 2 N–H and O–H groups in total. The fourth-order valence-electron chi connectivity index (χ4n) is 2.09. The summed E-state index contributed by atoms with van der Waals surface area (Å²) in [6.45, 7) is 6.29. The van der Waals surface area contributed by atoms with Gasteiger partial charge in [0, 0.05) is 11.9 Å². The lowest BCUT2D eigenvalue weighted by atomic mass is 9.97. The zero-order valence-corrected chi connectivity index (χ0v) is 12.5. The molecule has 1 saturated heterocycles. The molecule has 0 aliphatic carbocycles. The fourth-order valence-corrected chi connectivity index (χ4v) is 2.69. The number of piperidine rings is 1. The summed E-state index contributed by atoms with van der Waals surface area (Å²) in [6.07, 6.45) is 2.50. The molecule has 1 fully saturated rings. The molecule has 0 bridgehead atoms. The Kier molecular flexibility index (Phi) is 8.33. The first-order chi connectivity index (χ1) is 7.28. The van der Waals surface area contributed by atoms with Crippen molar-refractivity contribution in [1.82, 2.24) is 9.88 Å². The van der Waals surface area contributed by atoms with E-state index in [0.29, 0.717) is 0 Å². The van der Waals surface area contributed by atoms with Crippen LogP contribution in [0.15, 0.2) is 5.38 Å². The monoisotopic (exact) mass is 297 g/mol. The second kappa shape index (κ2) is 8.27. The number of halogens is 2. The molecule has 1 aliphatic rings. The Bertz CT molecular complexity index is 311. The van der Waals surface area contributed by atoms with Gasteiger partial charge in [-0.3, -0.25) is 4.90 Å². The molecule has 0 saturated carbocycles. The van der Waals surface area contributed by atoms with Crippen LogP contribution in [0.2, 0.25) is 0 Å². The van der Waals surface area contributed by atoms with E-state index < -0.39 is 0 Å². The maximum atomic E-state index is 5.68. The topological polar surface area (TPSA) is 42.2 Å². The van der Waals surface area contributed by atoms with Gasteiger partial charge in [-0.25, -0.2) is 4.98 Å². The van der Waals surface area contributed by atoms with Crippen molar-refractivity contribution in [3.63, 3.8) is 0 Å². The van der Waals surface area contributed by atoms with E-state index in [-0.39, 0.29) is 24.8 Å². The average molecular weight is 298 g/mol. The fraction of sp³-hybridized carbons (Fsp3) is 0.727. The number of thiazole rings is 1. The summed E-state index contributed by atoms with van der Waals surface area (Å²) in [5.74, 6) is 0.749. The third-order valence-electron chi connectivity index (χ3n) is 3.09. The largest absolute Gasteiger partial charge is 0.330 e. The number of hydrogen-bond acceptors (Lipinski definition) is 4. The molecule has 3 nitrogen and oxygen atoms in total. The Morgan fingerprint density at radius 1 is 1.41 bits per heavy atom. The molecule has 0 atom stereocenters. The first kappa shape index (κ1) is 17.1. The Morgan fingerprint density at radius 3 is 2.53 bits per heavy atom. The van der Waals surface area contributed by atoms with E-state index in [0.717, 1.165) is 19.0 Å². The van der Waals surface area contributed by atoms with Crippen LogP contribution in [0.5, 0.6) is 0 Å². The van der Waals surface area contributed by atoms with E-state index in [1.807, 2.05) is 0 Å². The van der Waals surface area contributed by atoms with Gasteiger partial charge in [-0.1, -0.05) is 0 Å². The van der Waals surface area contributed by atoms with Crippen molar-refractivity contribution in [3.8, 4) is 0 Å². The lowest BCUT2D eigenvalue weighted by Crippen LogP contribution is -2.35. The predicted molar refractivity (Wildman–Crippen MR) is 78.4 cm³/mol. The van der Waals surface area contributed by atoms with Gasteiger partial charge in [0.25, 0.3) is 0 Å². The third kappa shape index (κ3) is 5.10. The molecule has 1 aromatic rings. The van der Waals surface area contributed by atoms with Crippen LogP contribution in [0.4, 0.5) is 0 Å². The molecule has 2 rings (SSSR count). The number of aryl methyl sites for hydroxylation is 1. The van der Waals surface area contributed by atoms with Crippen molar-refractivity contribution < 1.29 is 0 Å². The normalized spacial score (nSPS) is 17.3. The van der Waals surface area contributed by atoms with Gasteiger partial charge in [0.15, 0.2) is 0 Å². The molecule has 1 aromatic heterocycles. The highest BCUT2D eigenvalue weighted by atomic mass is 35.5. The van der Waals surface area contributed by atoms with Gasteiger partial charge in [-0.15, -0.1) is 36.2 Å². The molecule has 0 unspecified atom stereocenters. The minimum absolute atomic E-state index is 0. The molecule has 0 spiro atoms. The smallest absolute Gasteiger partial charge is 0.0897 e. The van der Waals surface area contributed by atoms with Crippen LogP contribution >= 0.6 is 36.2 Å². The number of nitrogens with two attached hydrogens (primary N) is 1. The lowest BCUT2D eigenvalue weighted by molar-refractivity contribution is 0.179. The van der Waals surface area contributed by atoms with Crippen LogP contribution in [0, 0.1) is 12.8 Å². The number of aromatic nitrogens is 1. The summed E-state index contributed by atoms with van der Waals surface area (Å²) < 4.78 is 0. The zero-order chi connectivity index (χ0) is 10.7. The highest BCUT2D eigenvalue weighted by molar-refractivity contribution is 7.09. The maximum absolute atomic E-state index is 5.68. The summed E-state index contributed by atoms with van der Waals surface area (Å²) in [6, 6.07) is 0. The van der Waals surface area contributed by atoms with E-state index in [1.54, 1.807) is 11.3 Å². The second-order valence-corrected chi connectivity index (χ2v) is 5.38. The standard InChI is InChI=1S/C11H19N3S.2ClH/c1-9-13-11(8-15-9)7-14-4-2-10(6-12)3-5-14;;/h8,10H,2-7,12H2,1H3;2*1H. The van der Waals surface area contributed by atoms with Crippen LogP contribution in [0.1, 0.15) is 23.5 Å². The molecular formula is C11H21Cl2N3S. The Hall–Kier alpha value is 0.130. The van der Waals surface area contributed by atoms with E-state index in [2.05, 4.69) is 22.2 Å². The Morgan fingerprint density at radius 2 is 2.06 bits per heavy atom. The highest BCUT2D eigenvalue weighted by Gasteiger charge is 2.18. The highest BCUT2D eigenvalue weighted by Crippen LogP contribution is 2.18. The number of nitrogens with zero attached hydrogens (tertiary/aromatic N) is 2. The zero-order valence-electron chi connectivity index (χ0n) is 10.1. The molecule has 17 heavy (non-hydrogen) atoms. The number of hydrogen-bond donors (Lipinski definition) is 1. The van der Waals surface area contributed by atoms with Crippen LogP contribution in [-0.4, -0.2) is 29.5 Å². The molecule has 100 valence electrons. The third-order valence-corrected chi connectivity index (χ3v) is 3.91. The van der Waals surface area contributed by atoms with Crippen LogP contribution in [0.3, 0.4) is 0 Å². The van der Waals surface area contributed by atoms with Gasteiger partial charge < -0.3 is 5.73 Å². The van der Waals surface area contributed by atoms with Crippen molar-refractivity contribution in [2.24, 2.45) is 11.7 Å². The predicted octanol–water partition coefficient (Wildman–Crippen LogP) is 2.47. The van der Waals surface area contributed by atoms with Crippen LogP contribution in [0.25, 0.3) is 0 Å². The van der Waals surface area contributed by atoms with Gasteiger partial charge in [-0.05, 0) is 45.3 Å². The summed E-state index contributed by atoms with van der Waals surface area (Å²) in [5.41, 5.74) is 6.90. The summed E-state index contributed by atoms with van der Waals surface area (Å²) >= 11 is 1.74. The van der Waals surface area contributed by atoms with E-state index in [9.17, 15) is 0 Å². The van der Waals surface area contributed by atoms with E-state index in [1.165, 1.54) is 36.6 Å². The quantitative estimate of drug-likeness (QED) is 0.932. The first-order valence-corrected chi connectivity index (χ1v) is 6.49. The van der Waals surface area contributed by atoms with Crippen molar-refractivity contribution in [3.05, 3.63) is 16.1 Å². The molecule has 0 amide bonds. The van der Waals surface area contributed by atoms with E-state index >= 15 is 0 Å². The SMILES string of the molecule is Cc1nc(CN2CCC(CN)CC2)cs1.Cl.Cl. The van der Waals surface area contributed by atoms with Gasteiger partial charge in [-0.2, -0.15) is 0 Å². The maximum Gasteiger partial charge on any atom is 0.0897 e. The summed E-state index contributed by atoms with van der Waals surface area (Å²) in [5, 5.41) is 3.34. The molecule has 0 aromatic carbocycles. The number of likely N-dealkylation sites (tertiary alicyclic amines) is 1. The van der Waals surface area contributed by atoms with Gasteiger partial charge in [0.2, 0.25) is 0 Å². The van der Waals surface area contributed by atoms with Gasteiger partial charge in [0.1, 0.15) is 0 Å². The molecule has 1 aliphatic heterocycles. The molecular weight excluding hydrogens is 277 g/mol. The summed E-state index contributed by atoms with van der Waals surface area (Å²) in [4.78, 5) is 6.98. The number of rotatable bonds is 3. The van der Waals surface area contributed by atoms with Crippen molar-refractivity contribution in [2.75, 3.05) is 19.6 Å². The van der Waals surface area contributed by atoms with Crippen molar-refractivity contribution >= 4 is 36.2 Å².